The Kier molecular flexibility index (Phi) is 3.36. The van der Waals surface area contributed by atoms with Crippen molar-refractivity contribution in [2.45, 2.75) is 0 Å². The zero-order chi connectivity index (χ0) is 11.5. The number of amides is 3. The van der Waals surface area contributed by atoms with Gasteiger partial charge in [0.1, 0.15) is 0 Å². The van der Waals surface area contributed by atoms with Crippen molar-refractivity contribution in [2.24, 2.45) is 0 Å². The summed E-state index contributed by atoms with van der Waals surface area (Å²) in [6.45, 7) is 0.454. The quantitative estimate of drug-likeness (QED) is 0.840. The molecular formula is C10H9ClN2O2S. The van der Waals surface area contributed by atoms with Crippen LogP contribution in [0.4, 0.5) is 15.3 Å². The normalized spacial score (nSPS) is 15.3. The first-order chi connectivity index (χ1) is 7.66. The third-order valence-electron chi connectivity index (χ3n) is 2.08. The van der Waals surface area contributed by atoms with Gasteiger partial charge in [0.05, 0.1) is 0 Å². The van der Waals surface area contributed by atoms with Crippen molar-refractivity contribution >= 4 is 40.3 Å². The molecule has 84 valence electrons. The van der Waals surface area contributed by atoms with Gasteiger partial charge in [0, 0.05) is 23.0 Å². The lowest BCUT2D eigenvalue weighted by molar-refractivity contribution is 0.213. The second-order valence-corrected chi connectivity index (χ2v) is 4.69. The van der Waals surface area contributed by atoms with Gasteiger partial charge in [-0.05, 0) is 18.2 Å². The lowest BCUT2D eigenvalue weighted by atomic mass is 10.3. The van der Waals surface area contributed by atoms with Crippen molar-refractivity contribution < 1.29 is 9.59 Å². The minimum atomic E-state index is -0.405. The van der Waals surface area contributed by atoms with Crippen molar-refractivity contribution in [1.29, 1.82) is 0 Å². The molecule has 2 rings (SSSR count). The number of carbonyl (C=O) groups is 2. The van der Waals surface area contributed by atoms with Crippen molar-refractivity contribution in [3.05, 3.63) is 29.3 Å². The molecule has 1 N–H and O–H groups in total. The first kappa shape index (κ1) is 11.3. The van der Waals surface area contributed by atoms with Gasteiger partial charge in [-0.2, -0.15) is 0 Å². The predicted octanol–water partition coefficient (Wildman–Crippen LogP) is 3.04. The number of nitrogens with one attached hydrogen (secondary N) is 1. The lowest BCUT2D eigenvalue weighted by Gasteiger charge is -2.13. The number of nitrogens with zero attached hydrogens (tertiary/aromatic N) is 1. The van der Waals surface area contributed by atoms with E-state index in [1.54, 1.807) is 24.3 Å². The molecule has 1 aliphatic heterocycles. The fourth-order valence-corrected chi connectivity index (χ4v) is 2.30. The molecule has 0 unspecified atom stereocenters. The van der Waals surface area contributed by atoms with Gasteiger partial charge in [0.2, 0.25) is 0 Å². The van der Waals surface area contributed by atoms with Gasteiger partial charge >= 0.3 is 6.03 Å². The van der Waals surface area contributed by atoms with E-state index in [4.69, 9.17) is 11.6 Å². The molecule has 1 aliphatic rings. The van der Waals surface area contributed by atoms with E-state index in [2.05, 4.69) is 5.32 Å². The Hall–Kier alpha value is -1.20. The summed E-state index contributed by atoms with van der Waals surface area (Å²) >= 11 is 6.93. The molecule has 0 atom stereocenters. The maximum Gasteiger partial charge on any atom is 0.329 e. The average Bonchev–Trinajstić information content (AvgIpc) is 2.64. The van der Waals surface area contributed by atoms with Crippen molar-refractivity contribution in [3.8, 4) is 0 Å². The highest BCUT2D eigenvalue weighted by Crippen LogP contribution is 2.20. The summed E-state index contributed by atoms with van der Waals surface area (Å²) in [6, 6.07) is 6.40. The molecule has 0 radical (unpaired) electrons. The zero-order valence-corrected chi connectivity index (χ0v) is 9.85. The van der Waals surface area contributed by atoms with Crippen LogP contribution in [-0.2, 0) is 0 Å². The van der Waals surface area contributed by atoms with Crippen molar-refractivity contribution in [1.82, 2.24) is 4.90 Å². The second kappa shape index (κ2) is 4.76. The highest BCUT2D eigenvalue weighted by Gasteiger charge is 2.27. The maximum absolute atomic E-state index is 11.7. The van der Waals surface area contributed by atoms with Crippen LogP contribution in [0.15, 0.2) is 24.3 Å². The monoisotopic (exact) mass is 256 g/mol. The highest BCUT2D eigenvalue weighted by molar-refractivity contribution is 8.13. The van der Waals surface area contributed by atoms with Gasteiger partial charge in [-0.1, -0.05) is 29.4 Å². The van der Waals surface area contributed by atoms with E-state index in [0.717, 1.165) is 11.8 Å². The van der Waals surface area contributed by atoms with Crippen molar-refractivity contribution in [3.63, 3.8) is 0 Å². The molecule has 16 heavy (non-hydrogen) atoms. The van der Waals surface area contributed by atoms with Crippen LogP contribution in [-0.4, -0.2) is 28.5 Å². The fourth-order valence-electron chi connectivity index (χ4n) is 1.34. The molecule has 1 heterocycles. The molecule has 0 bridgehead atoms. The van der Waals surface area contributed by atoms with E-state index in [0.29, 0.717) is 23.0 Å². The van der Waals surface area contributed by atoms with Crippen molar-refractivity contribution in [2.75, 3.05) is 17.6 Å². The van der Waals surface area contributed by atoms with Gasteiger partial charge < -0.3 is 5.32 Å². The summed E-state index contributed by atoms with van der Waals surface area (Å²) in [5, 5.41) is 2.96. The summed E-state index contributed by atoms with van der Waals surface area (Å²) in [5.41, 5.74) is 0.585. The first-order valence-electron chi connectivity index (χ1n) is 4.67. The fraction of sp³-hybridized carbons (Fsp3) is 0.200. The molecular weight excluding hydrogens is 248 g/mol. The third-order valence-corrected chi connectivity index (χ3v) is 3.17. The average molecular weight is 257 g/mol. The SMILES string of the molecule is O=C(Nc1cccc(Cl)c1)N1CCSC1=O. The lowest BCUT2D eigenvalue weighted by Crippen LogP contribution is -2.34. The molecule has 3 amide bonds. The Bertz CT molecular complexity index is 439. The predicted molar refractivity (Wildman–Crippen MR) is 65.0 cm³/mol. The Labute approximate surface area is 102 Å². The van der Waals surface area contributed by atoms with Crippen LogP contribution in [0, 0.1) is 0 Å². The number of halogens is 1. The number of hydrogen-bond donors (Lipinski definition) is 1. The topological polar surface area (TPSA) is 49.4 Å². The number of rotatable bonds is 1. The number of thioether (sulfide) groups is 1. The van der Waals surface area contributed by atoms with E-state index in [-0.39, 0.29) is 5.24 Å². The highest BCUT2D eigenvalue weighted by atomic mass is 35.5. The summed E-state index contributed by atoms with van der Waals surface area (Å²) in [4.78, 5) is 24.1. The van der Waals surface area contributed by atoms with E-state index in [1.165, 1.54) is 4.90 Å². The molecule has 1 aromatic carbocycles. The van der Waals surface area contributed by atoms with Crippen LogP contribution in [0.25, 0.3) is 0 Å². The third kappa shape index (κ3) is 2.48. The molecule has 0 aromatic heterocycles. The minimum Gasteiger partial charge on any atom is -0.307 e. The Morgan fingerprint density at radius 1 is 1.50 bits per heavy atom. The minimum absolute atomic E-state index is 0.209. The van der Waals surface area contributed by atoms with Crippen LogP contribution in [0.5, 0.6) is 0 Å². The Balaban J connectivity index is 2.04. The summed E-state index contributed by atoms with van der Waals surface area (Å²) in [7, 11) is 0. The number of anilines is 1. The van der Waals surface area contributed by atoms with Gasteiger partial charge in [0.25, 0.3) is 5.24 Å². The molecule has 0 saturated carbocycles. The zero-order valence-electron chi connectivity index (χ0n) is 8.27. The van der Waals surface area contributed by atoms with Gasteiger partial charge in [-0.15, -0.1) is 0 Å². The number of carbonyl (C=O) groups excluding carboxylic acids is 2. The summed E-state index contributed by atoms with van der Waals surface area (Å²) in [6.07, 6.45) is 0. The Morgan fingerprint density at radius 2 is 2.31 bits per heavy atom. The number of imide groups is 1. The molecule has 6 heteroatoms. The maximum atomic E-state index is 11.7. The van der Waals surface area contributed by atoms with E-state index < -0.39 is 6.03 Å². The van der Waals surface area contributed by atoms with Gasteiger partial charge in [-0.25, -0.2) is 4.79 Å². The number of urea groups is 1. The van der Waals surface area contributed by atoms with Crippen LogP contribution in [0.1, 0.15) is 0 Å². The van der Waals surface area contributed by atoms with Gasteiger partial charge in [-0.3, -0.25) is 9.69 Å². The second-order valence-electron chi connectivity index (χ2n) is 3.21. The van der Waals surface area contributed by atoms with Crippen LogP contribution in [0.3, 0.4) is 0 Å². The molecule has 1 aromatic rings. The van der Waals surface area contributed by atoms with Crippen LogP contribution >= 0.6 is 23.4 Å². The molecule has 1 saturated heterocycles. The molecule has 0 aliphatic carbocycles. The van der Waals surface area contributed by atoms with Gasteiger partial charge in [0.15, 0.2) is 0 Å². The van der Waals surface area contributed by atoms with E-state index >= 15 is 0 Å². The standard InChI is InChI=1S/C10H9ClN2O2S/c11-7-2-1-3-8(6-7)12-9(14)13-4-5-16-10(13)15/h1-3,6H,4-5H2,(H,12,14). The Morgan fingerprint density at radius 3 is 2.94 bits per heavy atom. The summed E-state index contributed by atoms with van der Waals surface area (Å²) < 4.78 is 0. The van der Waals surface area contributed by atoms with Crippen LogP contribution in [0.2, 0.25) is 5.02 Å². The molecule has 1 fully saturated rings. The smallest absolute Gasteiger partial charge is 0.307 e. The van der Waals surface area contributed by atoms with Crippen LogP contribution < -0.4 is 5.32 Å². The van der Waals surface area contributed by atoms with E-state index in [9.17, 15) is 9.59 Å². The largest absolute Gasteiger partial charge is 0.329 e. The first-order valence-corrected chi connectivity index (χ1v) is 6.04. The molecule has 0 spiro atoms. The number of benzene rings is 1. The van der Waals surface area contributed by atoms with E-state index in [1.807, 2.05) is 0 Å². The molecule has 4 nitrogen and oxygen atoms in total. The summed E-state index contributed by atoms with van der Waals surface area (Å²) in [5.74, 6) is 0.655. The number of hydrogen-bond acceptors (Lipinski definition) is 3.